The van der Waals surface area contributed by atoms with Gasteiger partial charge in [-0.1, -0.05) is 25.5 Å². The van der Waals surface area contributed by atoms with Gasteiger partial charge in [-0.15, -0.1) is 0 Å². The van der Waals surface area contributed by atoms with Gasteiger partial charge in [0.05, 0.1) is 5.75 Å². The van der Waals surface area contributed by atoms with E-state index in [9.17, 15) is 8.42 Å². The summed E-state index contributed by atoms with van der Waals surface area (Å²) in [6, 6.07) is 0. The first-order valence-electron chi connectivity index (χ1n) is 5.85. The highest BCUT2D eigenvalue weighted by Crippen LogP contribution is 2.05. The highest BCUT2D eigenvalue weighted by atomic mass is 32.2. The van der Waals surface area contributed by atoms with Crippen molar-refractivity contribution in [2.75, 3.05) is 25.4 Å². The van der Waals surface area contributed by atoms with Crippen LogP contribution in [0.25, 0.3) is 0 Å². The Balaban J connectivity index is 2.32. The molecule has 2 N–H and O–H groups in total. The number of hydrogen-bond acceptors (Lipinski definition) is 3. The lowest BCUT2D eigenvalue weighted by Crippen LogP contribution is -2.31. The van der Waals surface area contributed by atoms with Crippen molar-refractivity contribution in [3.63, 3.8) is 0 Å². The van der Waals surface area contributed by atoms with Gasteiger partial charge in [-0.25, -0.2) is 13.1 Å². The standard InChI is InChI=1S/C11H22N2O2S/c1-10(2)5-8-16(14,15)13-9-11-3-6-12-7-4-11/h3,10,12-13H,4-9H2,1-2H3. The minimum Gasteiger partial charge on any atom is -0.313 e. The minimum atomic E-state index is -3.09. The van der Waals surface area contributed by atoms with E-state index in [4.69, 9.17) is 0 Å². The van der Waals surface area contributed by atoms with Gasteiger partial charge in [0.25, 0.3) is 0 Å². The SMILES string of the molecule is CC(C)CCS(=O)(=O)NCC1=CCNCC1. The molecule has 0 radical (unpaired) electrons. The van der Waals surface area contributed by atoms with Gasteiger partial charge in [-0.3, -0.25) is 0 Å². The smallest absolute Gasteiger partial charge is 0.211 e. The van der Waals surface area contributed by atoms with E-state index in [2.05, 4.69) is 16.1 Å². The summed E-state index contributed by atoms with van der Waals surface area (Å²) in [6.45, 7) is 6.33. The van der Waals surface area contributed by atoms with Crippen molar-refractivity contribution in [2.45, 2.75) is 26.7 Å². The molecule has 0 unspecified atom stereocenters. The zero-order valence-electron chi connectivity index (χ0n) is 10.1. The quantitative estimate of drug-likeness (QED) is 0.684. The first kappa shape index (κ1) is 13.7. The maximum absolute atomic E-state index is 11.6. The molecule has 0 saturated heterocycles. The van der Waals surface area contributed by atoms with E-state index in [0.717, 1.165) is 25.9 Å². The van der Waals surface area contributed by atoms with E-state index in [1.54, 1.807) is 0 Å². The summed E-state index contributed by atoms with van der Waals surface area (Å²) >= 11 is 0. The van der Waals surface area contributed by atoms with Crippen LogP contribution >= 0.6 is 0 Å². The summed E-state index contributed by atoms with van der Waals surface area (Å²) in [4.78, 5) is 0. The Morgan fingerprint density at radius 3 is 2.81 bits per heavy atom. The van der Waals surface area contributed by atoms with Gasteiger partial charge in [0, 0.05) is 13.1 Å². The van der Waals surface area contributed by atoms with Crippen molar-refractivity contribution in [1.82, 2.24) is 10.0 Å². The molecule has 0 aliphatic carbocycles. The van der Waals surface area contributed by atoms with Crippen LogP contribution < -0.4 is 10.0 Å². The predicted molar refractivity (Wildman–Crippen MR) is 66.8 cm³/mol. The van der Waals surface area contributed by atoms with E-state index >= 15 is 0 Å². The average Bonchev–Trinajstić information content (AvgIpc) is 2.26. The Bertz CT molecular complexity index is 334. The Morgan fingerprint density at radius 1 is 1.50 bits per heavy atom. The summed E-state index contributed by atoms with van der Waals surface area (Å²) in [7, 11) is -3.09. The summed E-state index contributed by atoms with van der Waals surface area (Å²) in [5.41, 5.74) is 1.19. The molecule has 1 aliphatic heterocycles. The third-order valence-corrected chi connectivity index (χ3v) is 4.00. The Hall–Kier alpha value is -0.390. The number of sulfonamides is 1. The predicted octanol–water partition coefficient (Wildman–Crippen LogP) is 0.872. The minimum absolute atomic E-state index is 0.232. The molecule has 94 valence electrons. The lowest BCUT2D eigenvalue weighted by atomic mass is 10.1. The molecule has 0 bridgehead atoms. The van der Waals surface area contributed by atoms with E-state index < -0.39 is 10.0 Å². The Morgan fingerprint density at radius 2 is 2.25 bits per heavy atom. The van der Waals surface area contributed by atoms with Crippen molar-refractivity contribution in [2.24, 2.45) is 5.92 Å². The molecule has 0 atom stereocenters. The van der Waals surface area contributed by atoms with Gasteiger partial charge >= 0.3 is 0 Å². The van der Waals surface area contributed by atoms with Crippen molar-refractivity contribution in [1.29, 1.82) is 0 Å². The van der Waals surface area contributed by atoms with Crippen LogP contribution in [0.3, 0.4) is 0 Å². The summed E-state index contributed by atoms with van der Waals surface area (Å²) in [5, 5.41) is 3.20. The first-order chi connectivity index (χ1) is 7.49. The van der Waals surface area contributed by atoms with E-state index in [1.807, 2.05) is 13.8 Å². The third kappa shape index (κ3) is 5.63. The van der Waals surface area contributed by atoms with E-state index in [0.29, 0.717) is 12.5 Å². The highest BCUT2D eigenvalue weighted by Gasteiger charge is 2.12. The van der Waals surface area contributed by atoms with Crippen molar-refractivity contribution >= 4 is 10.0 Å². The molecule has 0 fully saturated rings. The second kappa shape index (κ2) is 6.37. The molecule has 0 amide bonds. The van der Waals surface area contributed by atoms with Crippen LogP contribution in [0.4, 0.5) is 0 Å². The zero-order valence-corrected chi connectivity index (χ0v) is 10.9. The molecule has 16 heavy (non-hydrogen) atoms. The molecule has 5 heteroatoms. The topological polar surface area (TPSA) is 58.2 Å². The van der Waals surface area contributed by atoms with Gasteiger partial charge in [0.15, 0.2) is 0 Å². The number of rotatable bonds is 6. The maximum atomic E-state index is 11.6. The van der Waals surface area contributed by atoms with Gasteiger partial charge in [0.2, 0.25) is 10.0 Å². The largest absolute Gasteiger partial charge is 0.313 e. The molecule has 0 saturated carbocycles. The van der Waals surface area contributed by atoms with Crippen molar-refractivity contribution < 1.29 is 8.42 Å². The molecule has 1 rings (SSSR count). The monoisotopic (exact) mass is 246 g/mol. The summed E-state index contributed by atoms with van der Waals surface area (Å²) < 4.78 is 25.9. The van der Waals surface area contributed by atoms with Gasteiger partial charge in [-0.2, -0.15) is 0 Å². The number of hydrogen-bond donors (Lipinski definition) is 2. The average molecular weight is 246 g/mol. The molecule has 1 heterocycles. The molecule has 0 spiro atoms. The van der Waals surface area contributed by atoms with Crippen molar-refractivity contribution in [3.8, 4) is 0 Å². The van der Waals surface area contributed by atoms with Gasteiger partial charge < -0.3 is 5.32 Å². The van der Waals surface area contributed by atoms with E-state index in [-0.39, 0.29) is 5.75 Å². The molecular weight excluding hydrogens is 224 g/mol. The van der Waals surface area contributed by atoms with Crippen LogP contribution in [0.5, 0.6) is 0 Å². The fourth-order valence-electron chi connectivity index (χ4n) is 1.50. The lowest BCUT2D eigenvalue weighted by Gasteiger charge is -2.15. The molecule has 1 aliphatic rings. The second-order valence-electron chi connectivity index (χ2n) is 4.64. The third-order valence-electron chi connectivity index (χ3n) is 2.64. The second-order valence-corrected chi connectivity index (χ2v) is 6.57. The van der Waals surface area contributed by atoms with Gasteiger partial charge in [-0.05, 0) is 25.3 Å². The van der Waals surface area contributed by atoms with Crippen LogP contribution in [-0.4, -0.2) is 33.8 Å². The highest BCUT2D eigenvalue weighted by molar-refractivity contribution is 7.89. The Kier molecular flexibility index (Phi) is 5.44. The zero-order chi connectivity index (χ0) is 12.0. The molecule has 4 nitrogen and oxygen atoms in total. The molecule has 0 aromatic rings. The first-order valence-corrected chi connectivity index (χ1v) is 7.51. The van der Waals surface area contributed by atoms with Crippen molar-refractivity contribution in [3.05, 3.63) is 11.6 Å². The number of nitrogens with one attached hydrogen (secondary N) is 2. The van der Waals surface area contributed by atoms with Crippen LogP contribution in [0.1, 0.15) is 26.7 Å². The van der Waals surface area contributed by atoms with Crippen LogP contribution in [0, 0.1) is 5.92 Å². The fourth-order valence-corrected chi connectivity index (χ4v) is 2.83. The lowest BCUT2D eigenvalue weighted by molar-refractivity contribution is 0.562. The van der Waals surface area contributed by atoms with Crippen LogP contribution in [0.15, 0.2) is 11.6 Å². The van der Waals surface area contributed by atoms with E-state index in [1.165, 1.54) is 5.57 Å². The molecule has 0 aromatic heterocycles. The summed E-state index contributed by atoms with van der Waals surface area (Å²) in [6.07, 6.45) is 3.72. The maximum Gasteiger partial charge on any atom is 0.211 e. The van der Waals surface area contributed by atoms with Gasteiger partial charge in [0.1, 0.15) is 0 Å². The summed E-state index contributed by atoms with van der Waals surface area (Å²) in [5.74, 6) is 0.658. The normalized spacial score (nSPS) is 17.6. The molecular formula is C11H22N2O2S. The van der Waals surface area contributed by atoms with Crippen LogP contribution in [-0.2, 0) is 10.0 Å². The molecule has 0 aromatic carbocycles. The fraction of sp³-hybridized carbons (Fsp3) is 0.818. The van der Waals surface area contributed by atoms with Crippen LogP contribution in [0.2, 0.25) is 0 Å². The Labute approximate surface area is 98.6 Å².